The van der Waals surface area contributed by atoms with Gasteiger partial charge in [0.25, 0.3) is 5.69 Å². The third-order valence-electron chi connectivity index (χ3n) is 2.34. The zero-order chi connectivity index (χ0) is 15.7. The fraction of sp³-hybridized carbons (Fsp3) is 0.0667. The number of nitrogens with zero attached hydrogens (tertiary/aromatic N) is 2. The maximum atomic E-state index is 11.4. The van der Waals surface area contributed by atoms with Crippen LogP contribution in [-0.4, -0.2) is 17.5 Å². The summed E-state index contributed by atoms with van der Waals surface area (Å²) in [5.41, 5.74) is 0.108. The van der Waals surface area contributed by atoms with Crippen LogP contribution in [0.4, 0.5) is 5.69 Å². The Morgan fingerprint density at radius 2 is 2.19 bits per heavy atom. The monoisotopic (exact) mass is 284 g/mol. The Morgan fingerprint density at radius 3 is 2.81 bits per heavy atom. The molecular weight excluding hydrogens is 272 g/mol. The fourth-order valence-electron chi connectivity index (χ4n) is 1.41. The van der Waals surface area contributed by atoms with E-state index in [0.29, 0.717) is 5.56 Å². The van der Waals surface area contributed by atoms with Crippen LogP contribution in [0.25, 0.3) is 6.08 Å². The number of hydrogen-bond donors (Lipinski definition) is 0. The lowest BCUT2D eigenvalue weighted by atomic mass is 10.1. The molecule has 0 aliphatic rings. The van der Waals surface area contributed by atoms with E-state index in [1.807, 2.05) is 0 Å². The van der Waals surface area contributed by atoms with E-state index in [0.717, 1.165) is 0 Å². The zero-order valence-corrected chi connectivity index (χ0v) is 11.1. The van der Waals surface area contributed by atoms with Crippen molar-refractivity contribution in [3.63, 3.8) is 0 Å². The lowest BCUT2D eigenvalue weighted by molar-refractivity contribution is -0.385. The number of nitriles is 1. The van der Waals surface area contributed by atoms with E-state index in [4.69, 9.17) is 10.00 Å². The van der Waals surface area contributed by atoms with Crippen LogP contribution < -0.4 is 0 Å². The molecule has 0 radical (unpaired) electrons. The molecule has 0 aliphatic heterocycles. The smallest absolute Gasteiger partial charge is 0.349 e. The second-order valence-electron chi connectivity index (χ2n) is 3.75. The van der Waals surface area contributed by atoms with Gasteiger partial charge < -0.3 is 4.74 Å². The van der Waals surface area contributed by atoms with Crippen molar-refractivity contribution in [1.29, 1.82) is 5.26 Å². The van der Waals surface area contributed by atoms with Crippen molar-refractivity contribution in [2.45, 2.75) is 0 Å². The number of rotatable bonds is 6. The average molecular weight is 284 g/mol. The van der Waals surface area contributed by atoms with Gasteiger partial charge in [-0.2, -0.15) is 5.26 Å². The summed E-state index contributed by atoms with van der Waals surface area (Å²) in [4.78, 5) is 21.8. The molecule has 0 atom stereocenters. The molecule has 6 nitrogen and oxygen atoms in total. The molecule has 0 fully saturated rings. The zero-order valence-electron chi connectivity index (χ0n) is 11.1. The van der Waals surface area contributed by atoms with Crippen molar-refractivity contribution < 1.29 is 14.5 Å². The van der Waals surface area contributed by atoms with Crippen molar-refractivity contribution >= 4 is 17.7 Å². The molecule has 0 saturated heterocycles. The molecule has 0 bridgehead atoms. The van der Waals surface area contributed by atoms with Crippen molar-refractivity contribution in [2.24, 2.45) is 0 Å². The molecular formula is C15H12N2O4. The Hall–Kier alpha value is -3.20. The van der Waals surface area contributed by atoms with E-state index in [2.05, 4.69) is 6.58 Å². The Morgan fingerprint density at radius 1 is 1.48 bits per heavy atom. The summed E-state index contributed by atoms with van der Waals surface area (Å²) in [5, 5.41) is 19.7. The quantitative estimate of drug-likeness (QED) is 0.152. The maximum absolute atomic E-state index is 11.4. The first-order valence-corrected chi connectivity index (χ1v) is 5.90. The highest BCUT2D eigenvalue weighted by Crippen LogP contribution is 2.19. The van der Waals surface area contributed by atoms with Crippen molar-refractivity contribution in [2.75, 3.05) is 6.61 Å². The molecule has 0 aliphatic carbocycles. The van der Waals surface area contributed by atoms with Gasteiger partial charge in [0.2, 0.25) is 0 Å². The fourth-order valence-corrected chi connectivity index (χ4v) is 1.41. The van der Waals surface area contributed by atoms with Crippen LogP contribution in [0.2, 0.25) is 0 Å². The number of para-hydroxylation sites is 1. The number of hydrogen-bond acceptors (Lipinski definition) is 5. The van der Waals surface area contributed by atoms with Gasteiger partial charge in [0, 0.05) is 6.07 Å². The first-order valence-electron chi connectivity index (χ1n) is 5.90. The van der Waals surface area contributed by atoms with Gasteiger partial charge in [-0.25, -0.2) is 4.79 Å². The van der Waals surface area contributed by atoms with Gasteiger partial charge in [-0.3, -0.25) is 10.1 Å². The molecule has 0 aromatic heterocycles. The molecule has 21 heavy (non-hydrogen) atoms. The van der Waals surface area contributed by atoms with Gasteiger partial charge in [0.05, 0.1) is 10.5 Å². The number of nitro groups is 1. The highest BCUT2D eigenvalue weighted by atomic mass is 16.6. The maximum Gasteiger partial charge on any atom is 0.349 e. The van der Waals surface area contributed by atoms with E-state index in [1.54, 1.807) is 24.3 Å². The highest BCUT2D eigenvalue weighted by Gasteiger charge is 2.10. The average Bonchev–Trinajstić information content (AvgIpc) is 2.49. The third-order valence-corrected chi connectivity index (χ3v) is 2.34. The number of carbonyl (C=O) groups excluding carboxylic acids is 1. The molecule has 1 rings (SSSR count). The number of carbonyl (C=O) groups is 1. The van der Waals surface area contributed by atoms with Gasteiger partial charge in [0.15, 0.2) is 0 Å². The van der Waals surface area contributed by atoms with Crippen LogP contribution in [0.1, 0.15) is 5.56 Å². The van der Waals surface area contributed by atoms with Gasteiger partial charge in [-0.15, -0.1) is 0 Å². The number of allylic oxidation sites excluding steroid dienone is 2. The molecule has 0 saturated carbocycles. The topological polar surface area (TPSA) is 93.2 Å². The van der Waals surface area contributed by atoms with Gasteiger partial charge >= 0.3 is 5.97 Å². The summed E-state index contributed by atoms with van der Waals surface area (Å²) >= 11 is 0. The lowest BCUT2D eigenvalue weighted by Gasteiger charge is -1.98. The van der Waals surface area contributed by atoms with Crippen molar-refractivity contribution in [3.05, 3.63) is 70.3 Å². The summed E-state index contributed by atoms with van der Waals surface area (Å²) in [5.74, 6) is -0.774. The Kier molecular flexibility index (Phi) is 6.09. The summed E-state index contributed by atoms with van der Waals surface area (Å²) < 4.78 is 4.72. The van der Waals surface area contributed by atoms with Crippen LogP contribution in [-0.2, 0) is 9.53 Å². The van der Waals surface area contributed by atoms with Crippen molar-refractivity contribution in [1.82, 2.24) is 0 Å². The van der Waals surface area contributed by atoms with Gasteiger partial charge in [-0.1, -0.05) is 30.9 Å². The lowest BCUT2D eigenvalue weighted by Crippen LogP contribution is -2.06. The minimum absolute atomic E-state index is 0.00568. The van der Waals surface area contributed by atoms with Gasteiger partial charge in [0.1, 0.15) is 18.2 Å². The molecule has 0 N–H and O–H groups in total. The Balaban J connectivity index is 2.92. The molecule has 0 spiro atoms. The molecule has 0 unspecified atom stereocenters. The molecule has 6 heteroatoms. The molecule has 0 amide bonds. The predicted octanol–water partition coefficient (Wildman–Crippen LogP) is 2.79. The second-order valence-corrected chi connectivity index (χ2v) is 3.75. The second kappa shape index (κ2) is 8.07. The highest BCUT2D eigenvalue weighted by molar-refractivity contribution is 5.93. The van der Waals surface area contributed by atoms with E-state index >= 15 is 0 Å². The number of ether oxygens (including phenoxy) is 1. The molecule has 1 aromatic carbocycles. The first-order chi connectivity index (χ1) is 10.1. The summed E-state index contributed by atoms with van der Waals surface area (Å²) in [6, 6.07) is 7.84. The Labute approximate surface area is 121 Å². The van der Waals surface area contributed by atoms with Crippen LogP contribution in [0.5, 0.6) is 0 Å². The Bertz CT molecular complexity index is 654. The molecule has 1 aromatic rings. The summed E-state index contributed by atoms with van der Waals surface area (Å²) in [6.07, 6.45) is 5.45. The number of esters is 1. The summed E-state index contributed by atoms with van der Waals surface area (Å²) in [6.45, 7) is 3.39. The van der Waals surface area contributed by atoms with E-state index in [-0.39, 0.29) is 17.9 Å². The van der Waals surface area contributed by atoms with Crippen LogP contribution in [0, 0.1) is 21.4 Å². The normalized spacial score (nSPS) is 10.9. The van der Waals surface area contributed by atoms with Crippen LogP contribution >= 0.6 is 0 Å². The minimum Gasteiger partial charge on any atom is -0.457 e. The van der Waals surface area contributed by atoms with E-state index < -0.39 is 10.9 Å². The first kappa shape index (κ1) is 15.9. The predicted molar refractivity (Wildman–Crippen MR) is 77.0 cm³/mol. The minimum atomic E-state index is -0.774. The molecule has 106 valence electrons. The third kappa shape index (κ3) is 4.76. The number of benzene rings is 1. The molecule has 0 heterocycles. The van der Waals surface area contributed by atoms with Crippen molar-refractivity contribution in [3.8, 4) is 6.07 Å². The van der Waals surface area contributed by atoms with Crippen LogP contribution in [0.15, 0.2) is 54.6 Å². The van der Waals surface area contributed by atoms with E-state index in [1.165, 1.54) is 30.4 Å². The SMILES string of the molecule is C=CCOC(=O)/C(C#N)=C/C=C/c1ccccc1[N+](=O)[O-]. The standard InChI is InChI=1S/C15H12N2O4/c1-2-10-21-15(18)13(11-16)8-5-7-12-6-3-4-9-14(12)17(19)20/h2-9H,1,10H2/b7-5+,13-8+. The van der Waals surface area contributed by atoms with Gasteiger partial charge in [-0.05, 0) is 18.2 Å². The number of nitro benzene ring substituents is 1. The van der Waals surface area contributed by atoms with E-state index in [9.17, 15) is 14.9 Å². The largest absolute Gasteiger partial charge is 0.457 e. The summed E-state index contributed by atoms with van der Waals surface area (Å²) in [7, 11) is 0. The van der Waals surface area contributed by atoms with Crippen LogP contribution in [0.3, 0.4) is 0 Å².